The van der Waals surface area contributed by atoms with Crippen molar-refractivity contribution in [1.82, 2.24) is 19.7 Å². The molecule has 118 valence electrons. The van der Waals surface area contributed by atoms with Gasteiger partial charge in [0.25, 0.3) is 5.91 Å². The summed E-state index contributed by atoms with van der Waals surface area (Å²) < 4.78 is 1.92. The van der Waals surface area contributed by atoms with Gasteiger partial charge in [-0.25, -0.2) is 0 Å². The van der Waals surface area contributed by atoms with Crippen LogP contribution < -0.4 is 0 Å². The zero-order chi connectivity index (χ0) is 15.8. The van der Waals surface area contributed by atoms with Crippen LogP contribution in [-0.2, 0) is 6.54 Å². The second-order valence-electron chi connectivity index (χ2n) is 6.19. The topological polar surface area (TPSA) is 53.9 Å². The fraction of sp³-hybridized carbons (Fsp3) is 0.333. The van der Waals surface area contributed by atoms with Gasteiger partial charge in [0.15, 0.2) is 0 Å². The Morgan fingerprint density at radius 3 is 3.04 bits per heavy atom. The lowest BCUT2D eigenvalue weighted by Gasteiger charge is -2.25. The van der Waals surface area contributed by atoms with E-state index in [1.54, 1.807) is 6.20 Å². The molecule has 3 heterocycles. The van der Waals surface area contributed by atoms with Crippen LogP contribution in [0.1, 0.15) is 28.9 Å². The minimum atomic E-state index is 0.134. The number of aromatic nitrogens is 3. The summed E-state index contributed by atoms with van der Waals surface area (Å²) in [6, 6.07) is 10.1. The van der Waals surface area contributed by atoms with Crippen LogP contribution >= 0.6 is 0 Å². The maximum Gasteiger partial charge on any atom is 0.256 e. The molecule has 1 aliphatic rings. The number of carbonyl (C=O) groups is 1. The first-order valence-corrected chi connectivity index (χ1v) is 8.10. The van der Waals surface area contributed by atoms with Crippen molar-refractivity contribution in [2.75, 3.05) is 6.54 Å². The number of nitrogens with zero attached hydrogens (tertiary/aromatic N) is 3. The van der Waals surface area contributed by atoms with Crippen LogP contribution in [0.5, 0.6) is 0 Å². The molecule has 1 saturated heterocycles. The number of nitrogens with one attached hydrogen (secondary N) is 1. The predicted octanol–water partition coefficient (Wildman–Crippen LogP) is 2.98. The number of fused-ring (bicyclic) bond motifs is 1. The summed E-state index contributed by atoms with van der Waals surface area (Å²) in [6.45, 7) is 3.57. The smallest absolute Gasteiger partial charge is 0.256 e. The average molecular weight is 308 g/mol. The van der Waals surface area contributed by atoms with Gasteiger partial charge in [-0.05, 0) is 31.9 Å². The van der Waals surface area contributed by atoms with Gasteiger partial charge in [0, 0.05) is 35.5 Å². The highest BCUT2D eigenvalue weighted by atomic mass is 16.2. The first-order valence-electron chi connectivity index (χ1n) is 8.10. The van der Waals surface area contributed by atoms with Crippen molar-refractivity contribution < 1.29 is 4.79 Å². The maximum atomic E-state index is 13.2. The van der Waals surface area contributed by atoms with Crippen LogP contribution in [0.2, 0.25) is 0 Å². The molecule has 3 aromatic rings. The van der Waals surface area contributed by atoms with E-state index >= 15 is 0 Å². The molecular weight excluding hydrogens is 288 g/mol. The van der Waals surface area contributed by atoms with Crippen LogP contribution in [0.4, 0.5) is 0 Å². The SMILES string of the molecule is Cc1[nH]c2ccccc2c1C(=O)N1CCC[C@@H]1Cn1cccn1. The molecule has 5 heteroatoms. The minimum absolute atomic E-state index is 0.134. The largest absolute Gasteiger partial charge is 0.358 e. The fourth-order valence-corrected chi connectivity index (χ4v) is 3.61. The number of hydrogen-bond acceptors (Lipinski definition) is 2. The Hall–Kier alpha value is -2.56. The third-order valence-corrected chi connectivity index (χ3v) is 4.70. The van der Waals surface area contributed by atoms with Crippen molar-refractivity contribution in [2.24, 2.45) is 0 Å². The number of para-hydroxylation sites is 1. The molecule has 0 bridgehead atoms. The van der Waals surface area contributed by atoms with Crippen LogP contribution in [0, 0.1) is 6.92 Å². The van der Waals surface area contributed by atoms with Gasteiger partial charge in [0.1, 0.15) is 0 Å². The fourth-order valence-electron chi connectivity index (χ4n) is 3.61. The van der Waals surface area contributed by atoms with E-state index in [0.717, 1.165) is 48.1 Å². The molecule has 1 fully saturated rings. The van der Waals surface area contributed by atoms with E-state index in [-0.39, 0.29) is 11.9 Å². The second kappa shape index (κ2) is 5.57. The quantitative estimate of drug-likeness (QED) is 0.808. The molecule has 4 rings (SSSR count). The van der Waals surface area contributed by atoms with Crippen LogP contribution in [-0.4, -0.2) is 38.2 Å². The van der Waals surface area contributed by atoms with E-state index in [4.69, 9.17) is 0 Å². The van der Waals surface area contributed by atoms with Gasteiger partial charge in [0.05, 0.1) is 18.2 Å². The molecule has 0 aliphatic carbocycles. The molecule has 1 aromatic carbocycles. The van der Waals surface area contributed by atoms with E-state index < -0.39 is 0 Å². The lowest BCUT2D eigenvalue weighted by atomic mass is 10.1. The third-order valence-electron chi connectivity index (χ3n) is 4.70. The second-order valence-corrected chi connectivity index (χ2v) is 6.19. The molecule has 1 N–H and O–H groups in total. The number of amides is 1. The summed E-state index contributed by atoms with van der Waals surface area (Å²) in [5.41, 5.74) is 2.78. The summed E-state index contributed by atoms with van der Waals surface area (Å²) in [5.74, 6) is 0.134. The summed E-state index contributed by atoms with van der Waals surface area (Å²) in [4.78, 5) is 18.5. The molecule has 0 unspecified atom stereocenters. The minimum Gasteiger partial charge on any atom is -0.358 e. The molecule has 23 heavy (non-hydrogen) atoms. The molecule has 1 aliphatic heterocycles. The lowest BCUT2D eigenvalue weighted by Crippen LogP contribution is -2.38. The van der Waals surface area contributed by atoms with Crippen molar-refractivity contribution in [3.05, 3.63) is 54.0 Å². The number of carbonyl (C=O) groups excluding carboxylic acids is 1. The molecule has 2 aromatic heterocycles. The van der Waals surface area contributed by atoms with Crippen molar-refractivity contribution in [1.29, 1.82) is 0 Å². The third kappa shape index (κ3) is 2.42. The van der Waals surface area contributed by atoms with Gasteiger partial charge >= 0.3 is 0 Å². The first kappa shape index (κ1) is 14.1. The number of benzene rings is 1. The molecule has 0 radical (unpaired) electrons. The molecule has 0 spiro atoms. The van der Waals surface area contributed by atoms with Gasteiger partial charge in [-0.2, -0.15) is 5.10 Å². The molecule has 5 nitrogen and oxygen atoms in total. The van der Waals surface area contributed by atoms with E-state index in [2.05, 4.69) is 10.1 Å². The Kier molecular flexibility index (Phi) is 3.41. The van der Waals surface area contributed by atoms with Crippen molar-refractivity contribution in [3.63, 3.8) is 0 Å². The normalized spacial score (nSPS) is 18.0. The Morgan fingerprint density at radius 1 is 1.35 bits per heavy atom. The highest BCUT2D eigenvalue weighted by Gasteiger charge is 2.31. The standard InChI is InChI=1S/C18H20N4O/c1-13-17(15-7-2-3-8-16(15)20-13)18(23)22-11-4-6-14(22)12-21-10-5-9-19-21/h2-3,5,7-10,14,20H,4,6,11-12H2,1H3/t14-/m1/s1. The Balaban J connectivity index is 1.65. The summed E-state index contributed by atoms with van der Waals surface area (Å²) >= 11 is 0. The highest BCUT2D eigenvalue weighted by molar-refractivity contribution is 6.08. The average Bonchev–Trinajstić information content (AvgIpc) is 3.26. The molecule has 1 amide bonds. The van der Waals surface area contributed by atoms with Crippen molar-refractivity contribution in [3.8, 4) is 0 Å². The monoisotopic (exact) mass is 308 g/mol. The Bertz CT molecular complexity index is 834. The van der Waals surface area contributed by atoms with Crippen molar-refractivity contribution in [2.45, 2.75) is 32.4 Å². The Morgan fingerprint density at radius 2 is 2.22 bits per heavy atom. The van der Waals surface area contributed by atoms with E-state index in [1.165, 1.54) is 0 Å². The van der Waals surface area contributed by atoms with Crippen LogP contribution in [0.25, 0.3) is 10.9 Å². The number of aryl methyl sites for hydroxylation is 1. The van der Waals surface area contributed by atoms with E-state index in [9.17, 15) is 4.79 Å². The van der Waals surface area contributed by atoms with Gasteiger partial charge < -0.3 is 9.88 Å². The zero-order valence-electron chi connectivity index (χ0n) is 13.2. The van der Waals surface area contributed by atoms with Gasteiger partial charge in [-0.1, -0.05) is 18.2 Å². The van der Waals surface area contributed by atoms with E-state index in [1.807, 2.05) is 53.0 Å². The van der Waals surface area contributed by atoms with Crippen LogP contribution in [0.15, 0.2) is 42.7 Å². The van der Waals surface area contributed by atoms with E-state index in [0.29, 0.717) is 0 Å². The zero-order valence-corrected chi connectivity index (χ0v) is 13.2. The Labute approximate surface area is 134 Å². The summed E-state index contributed by atoms with van der Waals surface area (Å²) in [5, 5.41) is 5.29. The van der Waals surface area contributed by atoms with Gasteiger partial charge in [-0.3, -0.25) is 9.48 Å². The summed E-state index contributed by atoms with van der Waals surface area (Å²) in [7, 11) is 0. The molecular formula is C18H20N4O. The molecule has 1 atom stereocenters. The highest BCUT2D eigenvalue weighted by Crippen LogP contribution is 2.27. The van der Waals surface area contributed by atoms with Crippen molar-refractivity contribution >= 4 is 16.8 Å². The number of likely N-dealkylation sites (tertiary alicyclic amines) is 1. The number of hydrogen-bond donors (Lipinski definition) is 1. The lowest BCUT2D eigenvalue weighted by molar-refractivity contribution is 0.0723. The van der Waals surface area contributed by atoms with Gasteiger partial charge in [0.2, 0.25) is 0 Å². The summed E-state index contributed by atoms with van der Waals surface area (Å²) in [6.07, 6.45) is 5.83. The first-order chi connectivity index (χ1) is 11.2. The number of H-pyrrole nitrogens is 1. The maximum absolute atomic E-state index is 13.2. The van der Waals surface area contributed by atoms with Crippen LogP contribution in [0.3, 0.4) is 0 Å². The predicted molar refractivity (Wildman–Crippen MR) is 89.3 cm³/mol. The van der Waals surface area contributed by atoms with Gasteiger partial charge in [-0.15, -0.1) is 0 Å². The number of aromatic amines is 1. The number of rotatable bonds is 3. The molecule has 0 saturated carbocycles.